The summed E-state index contributed by atoms with van der Waals surface area (Å²) in [7, 11) is 1.72. The van der Waals surface area contributed by atoms with Crippen LogP contribution in [0.25, 0.3) is 0 Å². The first kappa shape index (κ1) is 17.9. The van der Waals surface area contributed by atoms with Crippen molar-refractivity contribution in [2.24, 2.45) is 4.99 Å². The Morgan fingerprint density at radius 2 is 2.08 bits per heavy atom. The van der Waals surface area contributed by atoms with Crippen LogP contribution in [0.3, 0.4) is 0 Å². The van der Waals surface area contributed by atoms with Gasteiger partial charge in [-0.25, -0.2) is 4.98 Å². The van der Waals surface area contributed by atoms with Gasteiger partial charge in [0.25, 0.3) is 0 Å². The largest absolute Gasteiger partial charge is 0.356 e. The number of aryl methyl sites for hydroxylation is 2. The molecule has 0 saturated carbocycles. The second-order valence-electron chi connectivity index (χ2n) is 5.34. The molecule has 0 aromatic carbocycles. The molecule has 0 unspecified atom stereocenters. The number of hydrogen-bond donors (Lipinski definition) is 3. The Hall–Kier alpha value is -2.41. The zero-order valence-electron chi connectivity index (χ0n) is 14.2. The van der Waals surface area contributed by atoms with Crippen LogP contribution in [-0.2, 0) is 11.3 Å². The Labute approximate surface area is 146 Å². The SMILES string of the molecule is CN=C(NCCC(=O)Nc1cccc(C)n1)NCc1sccc1C. The van der Waals surface area contributed by atoms with E-state index < -0.39 is 0 Å². The average Bonchev–Trinajstić information content (AvgIpc) is 2.96. The van der Waals surface area contributed by atoms with Crippen molar-refractivity contribution in [3.05, 3.63) is 45.8 Å². The number of anilines is 1. The number of nitrogens with zero attached hydrogens (tertiary/aromatic N) is 2. The number of aromatic nitrogens is 1. The van der Waals surface area contributed by atoms with Gasteiger partial charge in [0, 0.05) is 30.6 Å². The van der Waals surface area contributed by atoms with E-state index in [0.29, 0.717) is 24.7 Å². The second kappa shape index (κ2) is 9.02. The molecule has 0 atom stereocenters. The quantitative estimate of drug-likeness (QED) is 0.555. The second-order valence-corrected chi connectivity index (χ2v) is 6.34. The number of amides is 1. The van der Waals surface area contributed by atoms with Crippen LogP contribution in [-0.4, -0.2) is 30.4 Å². The third kappa shape index (κ3) is 5.66. The molecule has 0 bridgehead atoms. The molecule has 128 valence electrons. The van der Waals surface area contributed by atoms with Crippen molar-refractivity contribution in [2.45, 2.75) is 26.8 Å². The molecule has 0 saturated heterocycles. The summed E-state index contributed by atoms with van der Waals surface area (Å²) < 4.78 is 0. The Morgan fingerprint density at radius 1 is 1.25 bits per heavy atom. The molecule has 6 nitrogen and oxygen atoms in total. The smallest absolute Gasteiger partial charge is 0.227 e. The lowest BCUT2D eigenvalue weighted by Gasteiger charge is -2.11. The summed E-state index contributed by atoms with van der Waals surface area (Å²) in [6, 6.07) is 7.64. The van der Waals surface area contributed by atoms with Crippen LogP contribution >= 0.6 is 11.3 Å². The molecule has 2 heterocycles. The van der Waals surface area contributed by atoms with Gasteiger partial charge in [-0.15, -0.1) is 11.3 Å². The minimum absolute atomic E-state index is 0.0786. The first-order valence-corrected chi connectivity index (χ1v) is 8.67. The van der Waals surface area contributed by atoms with Gasteiger partial charge in [0.1, 0.15) is 5.82 Å². The summed E-state index contributed by atoms with van der Waals surface area (Å²) in [5, 5.41) is 11.3. The number of thiophene rings is 1. The van der Waals surface area contributed by atoms with Gasteiger partial charge >= 0.3 is 0 Å². The van der Waals surface area contributed by atoms with Gasteiger partial charge in [0.05, 0.1) is 6.54 Å². The highest BCUT2D eigenvalue weighted by Crippen LogP contribution is 2.14. The summed E-state index contributed by atoms with van der Waals surface area (Å²) in [6.45, 7) is 5.21. The lowest BCUT2D eigenvalue weighted by Crippen LogP contribution is -2.38. The highest BCUT2D eigenvalue weighted by atomic mass is 32.1. The maximum atomic E-state index is 11.9. The van der Waals surface area contributed by atoms with Crippen LogP contribution in [0.4, 0.5) is 5.82 Å². The average molecular weight is 345 g/mol. The predicted octanol–water partition coefficient (Wildman–Crippen LogP) is 2.45. The lowest BCUT2D eigenvalue weighted by atomic mass is 10.3. The van der Waals surface area contributed by atoms with Crippen LogP contribution < -0.4 is 16.0 Å². The topological polar surface area (TPSA) is 78.4 Å². The lowest BCUT2D eigenvalue weighted by molar-refractivity contribution is -0.116. The van der Waals surface area contributed by atoms with E-state index in [-0.39, 0.29) is 5.91 Å². The minimum Gasteiger partial charge on any atom is -0.356 e. The van der Waals surface area contributed by atoms with E-state index >= 15 is 0 Å². The molecule has 0 aliphatic rings. The van der Waals surface area contributed by atoms with E-state index in [1.807, 2.05) is 19.1 Å². The van der Waals surface area contributed by atoms with Gasteiger partial charge in [0.15, 0.2) is 5.96 Å². The van der Waals surface area contributed by atoms with Gasteiger partial charge < -0.3 is 16.0 Å². The Morgan fingerprint density at radius 3 is 2.75 bits per heavy atom. The molecule has 2 aromatic heterocycles. The Balaban J connectivity index is 1.71. The molecule has 0 aliphatic carbocycles. The van der Waals surface area contributed by atoms with Crippen molar-refractivity contribution >= 4 is 29.0 Å². The standard InChI is InChI=1S/C17H23N5OS/c1-12-8-10-24-14(12)11-20-17(18-3)19-9-7-16(23)22-15-6-4-5-13(2)21-15/h4-6,8,10H,7,9,11H2,1-3H3,(H2,18,19,20)(H,21,22,23). The number of rotatable bonds is 6. The van der Waals surface area contributed by atoms with E-state index in [0.717, 1.165) is 12.2 Å². The highest BCUT2D eigenvalue weighted by Gasteiger charge is 2.05. The summed E-state index contributed by atoms with van der Waals surface area (Å²) in [5.74, 6) is 1.19. The summed E-state index contributed by atoms with van der Waals surface area (Å²) >= 11 is 1.72. The van der Waals surface area contributed by atoms with Crippen LogP contribution in [0.2, 0.25) is 0 Å². The molecule has 0 aliphatic heterocycles. The first-order valence-electron chi connectivity index (χ1n) is 7.79. The van der Waals surface area contributed by atoms with E-state index in [1.165, 1.54) is 10.4 Å². The Bertz CT molecular complexity index is 711. The normalized spacial score (nSPS) is 11.2. The van der Waals surface area contributed by atoms with Gasteiger partial charge in [-0.1, -0.05) is 6.07 Å². The molecule has 24 heavy (non-hydrogen) atoms. The number of carbonyl (C=O) groups is 1. The summed E-state index contributed by atoms with van der Waals surface area (Å²) in [6.07, 6.45) is 0.342. The summed E-state index contributed by atoms with van der Waals surface area (Å²) in [5.41, 5.74) is 2.15. The van der Waals surface area contributed by atoms with Gasteiger partial charge in [-0.05, 0) is 43.0 Å². The molecule has 0 spiro atoms. The minimum atomic E-state index is -0.0786. The monoisotopic (exact) mass is 345 g/mol. The van der Waals surface area contributed by atoms with Gasteiger partial charge in [-0.3, -0.25) is 9.79 Å². The van der Waals surface area contributed by atoms with Crippen LogP contribution in [0.5, 0.6) is 0 Å². The number of hydrogen-bond acceptors (Lipinski definition) is 4. The molecule has 2 aromatic rings. The van der Waals surface area contributed by atoms with Crippen LogP contribution in [0, 0.1) is 13.8 Å². The molecule has 0 radical (unpaired) electrons. The molecule has 7 heteroatoms. The third-order valence-corrected chi connectivity index (χ3v) is 4.43. The predicted molar refractivity (Wildman–Crippen MR) is 99.5 cm³/mol. The van der Waals surface area contributed by atoms with Gasteiger partial charge in [0.2, 0.25) is 5.91 Å². The van der Waals surface area contributed by atoms with Gasteiger partial charge in [-0.2, -0.15) is 0 Å². The van der Waals surface area contributed by atoms with Crippen molar-refractivity contribution in [2.75, 3.05) is 18.9 Å². The first-order chi connectivity index (χ1) is 11.6. The number of nitrogens with one attached hydrogen (secondary N) is 3. The van der Waals surface area contributed by atoms with E-state index in [4.69, 9.17) is 0 Å². The number of guanidine groups is 1. The van der Waals surface area contributed by atoms with Crippen LogP contribution in [0.15, 0.2) is 34.6 Å². The molecule has 2 rings (SSSR count). The molecule has 3 N–H and O–H groups in total. The Kier molecular flexibility index (Phi) is 6.74. The third-order valence-electron chi connectivity index (χ3n) is 3.41. The molecule has 0 fully saturated rings. The molecular formula is C17H23N5OS. The van der Waals surface area contributed by atoms with E-state index in [2.05, 4.69) is 44.3 Å². The number of carbonyl (C=O) groups excluding carboxylic acids is 1. The van der Waals surface area contributed by atoms with Crippen molar-refractivity contribution in [3.63, 3.8) is 0 Å². The maximum Gasteiger partial charge on any atom is 0.227 e. The number of pyridine rings is 1. The zero-order chi connectivity index (χ0) is 17.4. The van der Waals surface area contributed by atoms with Crippen molar-refractivity contribution in [3.8, 4) is 0 Å². The highest BCUT2D eigenvalue weighted by molar-refractivity contribution is 7.10. The molecule has 1 amide bonds. The van der Waals surface area contributed by atoms with Crippen LogP contribution in [0.1, 0.15) is 22.6 Å². The summed E-state index contributed by atoms with van der Waals surface area (Å²) in [4.78, 5) is 21.6. The van der Waals surface area contributed by atoms with E-state index in [9.17, 15) is 4.79 Å². The van der Waals surface area contributed by atoms with Crippen molar-refractivity contribution in [1.29, 1.82) is 0 Å². The zero-order valence-corrected chi connectivity index (χ0v) is 15.0. The molecular weight excluding hydrogens is 322 g/mol. The fourth-order valence-corrected chi connectivity index (χ4v) is 2.93. The fourth-order valence-electron chi connectivity index (χ4n) is 2.08. The maximum absolute atomic E-state index is 11.9. The fraction of sp³-hybridized carbons (Fsp3) is 0.353. The number of aliphatic imine (C=N–C) groups is 1. The van der Waals surface area contributed by atoms with Crippen molar-refractivity contribution < 1.29 is 4.79 Å². The van der Waals surface area contributed by atoms with E-state index in [1.54, 1.807) is 24.5 Å². The van der Waals surface area contributed by atoms with Crippen molar-refractivity contribution in [1.82, 2.24) is 15.6 Å².